The monoisotopic (exact) mass is 424 g/mol. The highest BCUT2D eigenvalue weighted by Crippen LogP contribution is 2.71. The molecule has 4 rings (SSSR count). The fraction of sp³-hybridized carbons (Fsp3) is 0.818. The summed E-state index contributed by atoms with van der Waals surface area (Å²) in [6.07, 6.45) is -1.50. The van der Waals surface area contributed by atoms with E-state index in [0.29, 0.717) is 19.4 Å². The molecule has 8 atom stereocenters. The molecule has 30 heavy (non-hydrogen) atoms. The number of hydrogen-bond acceptors (Lipinski definition) is 8. The van der Waals surface area contributed by atoms with Crippen LogP contribution in [0.15, 0.2) is 11.6 Å². The number of aliphatic hydroxyl groups excluding tert-OH is 2. The highest BCUT2D eigenvalue weighted by atomic mass is 16.6. The summed E-state index contributed by atoms with van der Waals surface area (Å²) in [4.78, 5) is 24.1. The van der Waals surface area contributed by atoms with Crippen LogP contribution in [0.5, 0.6) is 0 Å². The molecule has 0 aromatic heterocycles. The molecule has 0 aromatic carbocycles. The molecule has 2 heterocycles. The summed E-state index contributed by atoms with van der Waals surface area (Å²) in [5.74, 6) is -0.584. The Kier molecular flexibility index (Phi) is 5.09. The first kappa shape index (κ1) is 21.7. The third-order valence-electron chi connectivity index (χ3n) is 7.74. The minimum atomic E-state index is -1.13. The van der Waals surface area contributed by atoms with Crippen LogP contribution in [0.4, 0.5) is 0 Å². The molecule has 1 spiro atoms. The number of hydrogen-bond donors (Lipinski definition) is 2. The van der Waals surface area contributed by atoms with Crippen LogP contribution in [0.1, 0.15) is 47.5 Å². The molecule has 4 aliphatic rings. The van der Waals surface area contributed by atoms with Crippen LogP contribution >= 0.6 is 0 Å². The van der Waals surface area contributed by atoms with Crippen LogP contribution in [0, 0.1) is 16.7 Å². The molecule has 0 radical (unpaired) electrons. The number of esters is 2. The van der Waals surface area contributed by atoms with Crippen molar-refractivity contribution in [2.24, 2.45) is 16.7 Å². The van der Waals surface area contributed by atoms with Crippen molar-refractivity contribution in [2.75, 3.05) is 13.2 Å². The third kappa shape index (κ3) is 2.80. The van der Waals surface area contributed by atoms with Gasteiger partial charge in [0.1, 0.15) is 30.5 Å². The van der Waals surface area contributed by atoms with Crippen LogP contribution in [0.25, 0.3) is 0 Å². The van der Waals surface area contributed by atoms with Crippen molar-refractivity contribution in [1.82, 2.24) is 0 Å². The van der Waals surface area contributed by atoms with Gasteiger partial charge in [-0.15, -0.1) is 0 Å². The SMILES string of the molecule is CC(=O)OC[C@]12C[C@H](OC(=O)CC(C)C)C(C)=C[C@H]1O[C@@H]1[C@H](O)[C@@H](O)[C@@]2(C)C12CO2. The normalized spacial score (nSPS) is 46.4. The van der Waals surface area contributed by atoms with Crippen LogP contribution in [-0.4, -0.2) is 71.5 Å². The van der Waals surface area contributed by atoms with E-state index in [1.165, 1.54) is 6.92 Å². The summed E-state index contributed by atoms with van der Waals surface area (Å²) in [6, 6.07) is 0. The first-order valence-electron chi connectivity index (χ1n) is 10.7. The Labute approximate surface area is 176 Å². The van der Waals surface area contributed by atoms with Gasteiger partial charge < -0.3 is 29.2 Å². The molecule has 0 aromatic rings. The summed E-state index contributed by atoms with van der Waals surface area (Å²) in [7, 11) is 0. The van der Waals surface area contributed by atoms with Gasteiger partial charge in [-0.2, -0.15) is 0 Å². The Morgan fingerprint density at radius 1 is 1.33 bits per heavy atom. The van der Waals surface area contributed by atoms with Crippen molar-refractivity contribution in [3.05, 3.63) is 11.6 Å². The van der Waals surface area contributed by atoms with Gasteiger partial charge in [0, 0.05) is 30.6 Å². The number of aliphatic hydroxyl groups is 2. The average molecular weight is 424 g/mol. The standard InChI is InChI=1S/C22H32O8/c1-11(2)6-16(24)29-14-8-21(9-27-13(4)23)15(7-12(14)3)30-19-17(25)18(26)20(21,5)22(19)10-28-22/h7,11,14-15,17-19,25-26H,6,8-10H2,1-5H3/t14-,15+,17+,18+,19+,20+,21+,22?/m0/s1. The topological polar surface area (TPSA) is 115 Å². The Morgan fingerprint density at radius 3 is 2.57 bits per heavy atom. The van der Waals surface area contributed by atoms with E-state index in [1.807, 2.05) is 33.8 Å². The van der Waals surface area contributed by atoms with E-state index in [0.717, 1.165) is 5.57 Å². The van der Waals surface area contributed by atoms with E-state index in [1.54, 1.807) is 0 Å². The molecule has 1 saturated carbocycles. The number of fused-ring (bicyclic) bond motifs is 2. The second-order valence-electron chi connectivity index (χ2n) is 9.92. The minimum absolute atomic E-state index is 0.0346. The molecule has 8 heteroatoms. The maximum atomic E-state index is 12.4. The summed E-state index contributed by atoms with van der Waals surface area (Å²) >= 11 is 0. The van der Waals surface area contributed by atoms with Gasteiger partial charge in [0.05, 0.1) is 18.8 Å². The van der Waals surface area contributed by atoms with E-state index in [-0.39, 0.29) is 18.5 Å². The van der Waals surface area contributed by atoms with Gasteiger partial charge in [-0.25, -0.2) is 0 Å². The van der Waals surface area contributed by atoms with Gasteiger partial charge in [-0.3, -0.25) is 9.59 Å². The number of carbonyl (C=O) groups is 2. The maximum absolute atomic E-state index is 12.4. The van der Waals surface area contributed by atoms with Gasteiger partial charge in [-0.1, -0.05) is 26.8 Å². The summed E-state index contributed by atoms with van der Waals surface area (Å²) in [6.45, 7) is 9.28. The molecule has 1 unspecified atom stereocenters. The van der Waals surface area contributed by atoms with Crippen molar-refractivity contribution in [2.45, 2.75) is 83.6 Å². The lowest BCUT2D eigenvalue weighted by molar-refractivity contribution is -0.239. The van der Waals surface area contributed by atoms with Crippen molar-refractivity contribution in [3.8, 4) is 0 Å². The van der Waals surface area contributed by atoms with Gasteiger partial charge in [0.25, 0.3) is 0 Å². The Balaban J connectivity index is 1.75. The fourth-order valence-electron chi connectivity index (χ4n) is 5.92. The molecule has 8 nitrogen and oxygen atoms in total. The summed E-state index contributed by atoms with van der Waals surface area (Å²) in [5.41, 5.74) is -1.89. The van der Waals surface area contributed by atoms with E-state index >= 15 is 0 Å². The first-order chi connectivity index (χ1) is 14.0. The molecule has 168 valence electrons. The lowest BCUT2D eigenvalue weighted by Crippen LogP contribution is -2.67. The second kappa shape index (κ2) is 7.02. The molecule has 2 bridgehead atoms. The summed E-state index contributed by atoms with van der Waals surface area (Å²) < 4.78 is 23.4. The Hall–Kier alpha value is -1.48. The largest absolute Gasteiger partial charge is 0.465 e. The lowest BCUT2D eigenvalue weighted by Gasteiger charge is -2.58. The predicted molar refractivity (Wildman–Crippen MR) is 104 cm³/mol. The van der Waals surface area contributed by atoms with E-state index in [2.05, 4.69) is 0 Å². The van der Waals surface area contributed by atoms with Gasteiger partial charge in [0.2, 0.25) is 0 Å². The second-order valence-corrected chi connectivity index (χ2v) is 9.92. The number of carbonyl (C=O) groups excluding carboxylic acids is 2. The highest BCUT2D eigenvalue weighted by molar-refractivity contribution is 5.70. The lowest BCUT2D eigenvalue weighted by atomic mass is 9.51. The zero-order chi connectivity index (χ0) is 22.1. The van der Waals surface area contributed by atoms with Crippen molar-refractivity contribution < 1.29 is 38.7 Å². The smallest absolute Gasteiger partial charge is 0.306 e. The molecule has 3 fully saturated rings. The number of ether oxygens (including phenoxy) is 4. The molecule has 2 saturated heterocycles. The third-order valence-corrected chi connectivity index (χ3v) is 7.74. The van der Waals surface area contributed by atoms with Gasteiger partial charge in [-0.05, 0) is 18.4 Å². The summed E-state index contributed by atoms with van der Waals surface area (Å²) in [5, 5.41) is 21.9. The average Bonchev–Trinajstić information content (AvgIpc) is 3.43. The highest BCUT2D eigenvalue weighted by Gasteiger charge is 2.85. The fourth-order valence-corrected chi connectivity index (χ4v) is 5.92. The molecule has 0 amide bonds. The molecular formula is C22H32O8. The van der Waals surface area contributed by atoms with Crippen LogP contribution in [-0.2, 0) is 28.5 Å². The quantitative estimate of drug-likeness (QED) is 0.383. The van der Waals surface area contributed by atoms with Crippen LogP contribution in [0.3, 0.4) is 0 Å². The van der Waals surface area contributed by atoms with Crippen LogP contribution in [0.2, 0.25) is 0 Å². The maximum Gasteiger partial charge on any atom is 0.306 e. The predicted octanol–water partition coefficient (Wildman–Crippen LogP) is 1.12. The van der Waals surface area contributed by atoms with Crippen molar-refractivity contribution in [3.63, 3.8) is 0 Å². The first-order valence-corrected chi connectivity index (χ1v) is 10.7. The van der Waals surface area contributed by atoms with Crippen molar-refractivity contribution in [1.29, 1.82) is 0 Å². The zero-order valence-electron chi connectivity index (χ0n) is 18.2. The number of epoxide rings is 1. The van der Waals surface area contributed by atoms with Crippen LogP contribution < -0.4 is 0 Å². The molecule has 2 aliphatic carbocycles. The van der Waals surface area contributed by atoms with E-state index in [4.69, 9.17) is 18.9 Å². The molecule has 2 N–H and O–H groups in total. The van der Waals surface area contributed by atoms with Crippen molar-refractivity contribution >= 4 is 11.9 Å². The molecular weight excluding hydrogens is 392 g/mol. The minimum Gasteiger partial charge on any atom is -0.465 e. The van der Waals surface area contributed by atoms with E-state index in [9.17, 15) is 19.8 Å². The molecule has 2 aliphatic heterocycles. The zero-order valence-corrected chi connectivity index (χ0v) is 18.2. The Morgan fingerprint density at radius 2 is 2.00 bits per heavy atom. The number of rotatable bonds is 5. The van der Waals surface area contributed by atoms with Gasteiger partial charge in [0.15, 0.2) is 0 Å². The van der Waals surface area contributed by atoms with E-state index < -0.39 is 52.9 Å². The Bertz CT molecular complexity index is 771. The van der Waals surface area contributed by atoms with Gasteiger partial charge >= 0.3 is 11.9 Å².